The van der Waals surface area contributed by atoms with Crippen molar-refractivity contribution in [1.82, 2.24) is 0 Å². The van der Waals surface area contributed by atoms with Crippen LogP contribution in [0.5, 0.6) is 0 Å². The van der Waals surface area contributed by atoms with Crippen LogP contribution in [0.2, 0.25) is 0 Å². The molecule has 2 aromatic rings. The third-order valence-corrected chi connectivity index (χ3v) is 3.79. The van der Waals surface area contributed by atoms with Crippen LogP contribution in [0.15, 0.2) is 29.6 Å². The molecule has 1 atom stereocenters. The Hall–Kier alpha value is -1.12. The Labute approximate surface area is 100 Å². The van der Waals surface area contributed by atoms with Crippen LogP contribution in [0.25, 0.3) is 0 Å². The Morgan fingerprint density at radius 1 is 1.00 bits per heavy atom. The molecule has 0 amide bonds. The molecule has 0 saturated heterocycles. The Morgan fingerprint density at radius 3 is 2.31 bits per heavy atom. The van der Waals surface area contributed by atoms with Gasteiger partial charge >= 0.3 is 0 Å². The summed E-state index contributed by atoms with van der Waals surface area (Å²) in [5.74, 6) is 0. The van der Waals surface area contributed by atoms with Gasteiger partial charge in [0.15, 0.2) is 0 Å². The molecule has 16 heavy (non-hydrogen) atoms. The fourth-order valence-corrected chi connectivity index (χ4v) is 2.46. The molecule has 1 heterocycles. The summed E-state index contributed by atoms with van der Waals surface area (Å²) < 4.78 is 0. The van der Waals surface area contributed by atoms with E-state index in [1.54, 1.807) is 11.3 Å². The normalized spacial score (nSPS) is 12.8. The van der Waals surface area contributed by atoms with Crippen molar-refractivity contribution in [2.24, 2.45) is 0 Å². The minimum atomic E-state index is -0.496. The Morgan fingerprint density at radius 2 is 1.75 bits per heavy atom. The lowest BCUT2D eigenvalue weighted by molar-refractivity contribution is 0.220. The molecular formula is C14H16OS. The highest BCUT2D eigenvalue weighted by atomic mass is 32.1. The minimum absolute atomic E-state index is 0.496. The quantitative estimate of drug-likeness (QED) is 0.836. The maximum Gasteiger partial charge on any atom is 0.105 e. The van der Waals surface area contributed by atoms with Crippen LogP contribution in [0.4, 0.5) is 0 Å². The summed E-state index contributed by atoms with van der Waals surface area (Å²) in [6.07, 6.45) is -0.496. The van der Waals surface area contributed by atoms with Gasteiger partial charge in [-0.3, -0.25) is 0 Å². The second-order valence-electron chi connectivity index (χ2n) is 4.24. The van der Waals surface area contributed by atoms with Gasteiger partial charge in [-0.1, -0.05) is 18.2 Å². The number of benzene rings is 1. The van der Waals surface area contributed by atoms with Crippen LogP contribution in [0.3, 0.4) is 0 Å². The Bertz CT molecular complexity index is 499. The first-order chi connectivity index (χ1) is 7.58. The van der Waals surface area contributed by atoms with Crippen LogP contribution >= 0.6 is 11.3 Å². The number of aliphatic hydroxyl groups is 1. The van der Waals surface area contributed by atoms with Crippen molar-refractivity contribution in [2.45, 2.75) is 26.9 Å². The van der Waals surface area contributed by atoms with Crippen LogP contribution in [0.1, 0.15) is 33.2 Å². The molecule has 0 aliphatic carbocycles. The lowest BCUT2D eigenvalue weighted by Crippen LogP contribution is -1.98. The van der Waals surface area contributed by atoms with E-state index in [0.29, 0.717) is 0 Å². The predicted octanol–water partition coefficient (Wildman–Crippen LogP) is 3.76. The lowest BCUT2D eigenvalue weighted by atomic mass is 9.99. The number of aliphatic hydroxyl groups excluding tert-OH is 1. The summed E-state index contributed by atoms with van der Waals surface area (Å²) in [7, 11) is 0. The van der Waals surface area contributed by atoms with E-state index in [1.807, 2.05) is 17.5 Å². The Kier molecular flexibility index (Phi) is 3.13. The third-order valence-electron chi connectivity index (χ3n) is 2.91. The highest BCUT2D eigenvalue weighted by Gasteiger charge is 2.12. The van der Waals surface area contributed by atoms with E-state index in [-0.39, 0.29) is 0 Å². The molecule has 1 nitrogen and oxygen atoms in total. The number of hydrogen-bond acceptors (Lipinski definition) is 2. The van der Waals surface area contributed by atoms with E-state index < -0.39 is 6.10 Å². The van der Waals surface area contributed by atoms with E-state index in [4.69, 9.17) is 0 Å². The standard InChI is InChI=1S/C14H16OS/c1-9-4-5-12(6-10(9)2)14(15)13-7-11(3)16-8-13/h4-8,14-15H,1-3H3. The van der Waals surface area contributed by atoms with Crippen LogP contribution < -0.4 is 0 Å². The zero-order chi connectivity index (χ0) is 11.7. The lowest BCUT2D eigenvalue weighted by Gasteiger charge is -2.11. The molecule has 0 spiro atoms. The highest BCUT2D eigenvalue weighted by molar-refractivity contribution is 7.10. The molecular weight excluding hydrogens is 216 g/mol. The molecule has 1 N–H and O–H groups in total. The number of aryl methyl sites for hydroxylation is 3. The topological polar surface area (TPSA) is 20.2 Å². The van der Waals surface area contributed by atoms with Gasteiger partial charge < -0.3 is 5.11 Å². The van der Waals surface area contributed by atoms with Crippen molar-refractivity contribution in [3.63, 3.8) is 0 Å². The molecule has 2 heteroatoms. The summed E-state index contributed by atoms with van der Waals surface area (Å²) in [5, 5.41) is 12.3. The smallest absolute Gasteiger partial charge is 0.105 e. The average Bonchev–Trinajstić information content (AvgIpc) is 2.68. The fourth-order valence-electron chi connectivity index (χ4n) is 1.73. The first-order valence-corrected chi connectivity index (χ1v) is 6.26. The summed E-state index contributed by atoms with van der Waals surface area (Å²) in [4.78, 5) is 1.23. The molecule has 0 aliphatic heterocycles. The molecule has 0 saturated carbocycles. The van der Waals surface area contributed by atoms with Gasteiger partial charge in [-0.15, -0.1) is 11.3 Å². The second kappa shape index (κ2) is 4.40. The van der Waals surface area contributed by atoms with Crippen molar-refractivity contribution in [1.29, 1.82) is 0 Å². The zero-order valence-corrected chi connectivity index (χ0v) is 10.6. The monoisotopic (exact) mass is 232 g/mol. The first kappa shape index (κ1) is 11.4. The highest BCUT2D eigenvalue weighted by Crippen LogP contribution is 2.27. The second-order valence-corrected chi connectivity index (χ2v) is 5.35. The van der Waals surface area contributed by atoms with Crippen molar-refractivity contribution < 1.29 is 5.11 Å². The molecule has 0 fully saturated rings. The van der Waals surface area contributed by atoms with Gasteiger partial charge in [0, 0.05) is 4.88 Å². The predicted molar refractivity (Wildman–Crippen MR) is 69.0 cm³/mol. The van der Waals surface area contributed by atoms with Crippen LogP contribution in [-0.4, -0.2) is 5.11 Å². The van der Waals surface area contributed by atoms with Gasteiger partial charge in [0.2, 0.25) is 0 Å². The number of thiophene rings is 1. The zero-order valence-electron chi connectivity index (χ0n) is 9.82. The van der Waals surface area contributed by atoms with E-state index in [9.17, 15) is 5.11 Å². The maximum absolute atomic E-state index is 10.2. The van der Waals surface area contributed by atoms with Crippen LogP contribution in [-0.2, 0) is 0 Å². The summed E-state index contributed by atoms with van der Waals surface area (Å²) in [6.45, 7) is 6.21. The SMILES string of the molecule is Cc1cc(C(O)c2ccc(C)c(C)c2)cs1. The largest absolute Gasteiger partial charge is 0.384 e. The summed E-state index contributed by atoms with van der Waals surface area (Å²) in [6, 6.07) is 8.17. The van der Waals surface area contributed by atoms with Gasteiger partial charge in [-0.05, 0) is 54.5 Å². The number of rotatable bonds is 2. The van der Waals surface area contributed by atoms with Crippen molar-refractivity contribution >= 4 is 11.3 Å². The van der Waals surface area contributed by atoms with E-state index in [2.05, 4.69) is 32.9 Å². The fraction of sp³-hybridized carbons (Fsp3) is 0.286. The van der Waals surface area contributed by atoms with E-state index >= 15 is 0 Å². The maximum atomic E-state index is 10.2. The molecule has 0 bridgehead atoms. The molecule has 1 unspecified atom stereocenters. The van der Waals surface area contributed by atoms with E-state index in [1.165, 1.54) is 16.0 Å². The molecule has 1 aromatic carbocycles. The first-order valence-electron chi connectivity index (χ1n) is 5.38. The van der Waals surface area contributed by atoms with E-state index in [0.717, 1.165) is 11.1 Å². The van der Waals surface area contributed by atoms with Gasteiger partial charge in [0.05, 0.1) is 0 Å². The summed E-state index contributed by atoms with van der Waals surface area (Å²) in [5.41, 5.74) is 4.45. The van der Waals surface area contributed by atoms with Crippen molar-refractivity contribution in [2.75, 3.05) is 0 Å². The van der Waals surface area contributed by atoms with Crippen molar-refractivity contribution in [3.05, 3.63) is 56.8 Å². The molecule has 0 radical (unpaired) electrons. The van der Waals surface area contributed by atoms with Gasteiger partial charge in [-0.2, -0.15) is 0 Å². The molecule has 1 aromatic heterocycles. The van der Waals surface area contributed by atoms with Gasteiger partial charge in [-0.25, -0.2) is 0 Å². The number of hydrogen-bond donors (Lipinski definition) is 1. The summed E-state index contributed by atoms with van der Waals surface area (Å²) >= 11 is 1.67. The molecule has 84 valence electrons. The average molecular weight is 232 g/mol. The van der Waals surface area contributed by atoms with Crippen LogP contribution in [0, 0.1) is 20.8 Å². The minimum Gasteiger partial charge on any atom is -0.384 e. The van der Waals surface area contributed by atoms with Crippen molar-refractivity contribution in [3.8, 4) is 0 Å². The Balaban J connectivity index is 2.33. The third kappa shape index (κ3) is 2.18. The molecule has 2 rings (SSSR count). The van der Waals surface area contributed by atoms with Gasteiger partial charge in [0.1, 0.15) is 6.10 Å². The molecule has 0 aliphatic rings. The van der Waals surface area contributed by atoms with Gasteiger partial charge in [0.25, 0.3) is 0 Å².